The van der Waals surface area contributed by atoms with Gasteiger partial charge in [-0.2, -0.15) is 0 Å². The Balaban J connectivity index is 2.16. The number of rotatable bonds is 3. The first-order valence-electron chi connectivity index (χ1n) is 5.35. The van der Waals surface area contributed by atoms with Crippen molar-refractivity contribution in [3.63, 3.8) is 0 Å². The summed E-state index contributed by atoms with van der Waals surface area (Å²) in [5, 5.41) is 0. The van der Waals surface area contributed by atoms with Crippen LogP contribution >= 0.6 is 0 Å². The van der Waals surface area contributed by atoms with Crippen LogP contribution in [0.25, 0.3) is 0 Å². The zero-order valence-corrected chi connectivity index (χ0v) is 9.23. The van der Waals surface area contributed by atoms with Crippen LogP contribution in [0.4, 0.5) is 5.69 Å². The fourth-order valence-corrected chi connectivity index (χ4v) is 1.59. The van der Waals surface area contributed by atoms with Crippen molar-refractivity contribution >= 4 is 11.7 Å². The van der Waals surface area contributed by atoms with Crippen LogP contribution in [0.15, 0.2) is 18.2 Å². The van der Waals surface area contributed by atoms with Gasteiger partial charge in [0.1, 0.15) is 17.4 Å². The van der Waals surface area contributed by atoms with Crippen molar-refractivity contribution in [2.45, 2.75) is 25.4 Å². The van der Waals surface area contributed by atoms with E-state index in [1.54, 1.807) is 18.2 Å². The summed E-state index contributed by atoms with van der Waals surface area (Å²) >= 11 is 0. The molecule has 1 aliphatic carbocycles. The van der Waals surface area contributed by atoms with Crippen LogP contribution in [0.1, 0.15) is 29.6 Å². The third-order valence-corrected chi connectivity index (χ3v) is 2.77. The lowest BCUT2D eigenvalue weighted by Gasteiger charge is -2.25. The molecule has 0 aliphatic heterocycles. The number of hydrogen-bond acceptors (Lipinski definition) is 4. The summed E-state index contributed by atoms with van der Waals surface area (Å²) in [4.78, 5) is 11.8. The fourth-order valence-electron chi connectivity index (χ4n) is 1.59. The van der Waals surface area contributed by atoms with Gasteiger partial charge in [0.15, 0.2) is 0 Å². The Morgan fingerprint density at radius 3 is 2.75 bits per heavy atom. The first kappa shape index (κ1) is 10.8. The van der Waals surface area contributed by atoms with Gasteiger partial charge in [0.2, 0.25) is 0 Å². The molecule has 1 aromatic carbocycles. The van der Waals surface area contributed by atoms with Crippen molar-refractivity contribution in [1.82, 2.24) is 0 Å². The molecule has 1 aliphatic rings. The third kappa shape index (κ3) is 2.10. The lowest BCUT2D eigenvalue weighted by molar-refractivity contribution is 0.00872. The molecule has 1 saturated carbocycles. The first-order valence-corrected chi connectivity index (χ1v) is 5.35. The number of ether oxygens (including phenoxy) is 2. The number of esters is 1. The number of hydrogen-bond donors (Lipinski definition) is 1. The van der Waals surface area contributed by atoms with Crippen molar-refractivity contribution in [3.8, 4) is 5.75 Å². The number of nitrogen functional groups attached to an aromatic ring is 1. The largest absolute Gasteiger partial charge is 0.496 e. The molecule has 4 heteroatoms. The van der Waals surface area contributed by atoms with Gasteiger partial charge in [-0.1, -0.05) is 0 Å². The summed E-state index contributed by atoms with van der Waals surface area (Å²) < 4.78 is 10.4. The van der Waals surface area contributed by atoms with Crippen molar-refractivity contribution in [1.29, 1.82) is 0 Å². The molecule has 4 nitrogen and oxygen atoms in total. The number of nitrogens with two attached hydrogens (primary N) is 1. The molecular formula is C12H15NO3. The molecule has 0 heterocycles. The molecule has 0 radical (unpaired) electrons. The molecular weight excluding hydrogens is 206 g/mol. The van der Waals surface area contributed by atoms with E-state index in [1.165, 1.54) is 7.11 Å². The van der Waals surface area contributed by atoms with E-state index in [0.717, 1.165) is 19.3 Å². The second-order valence-electron chi connectivity index (χ2n) is 3.92. The zero-order valence-electron chi connectivity index (χ0n) is 9.23. The highest BCUT2D eigenvalue weighted by molar-refractivity contribution is 5.93. The van der Waals surface area contributed by atoms with E-state index in [4.69, 9.17) is 15.2 Å². The van der Waals surface area contributed by atoms with Crippen LogP contribution < -0.4 is 10.5 Å². The summed E-state index contributed by atoms with van der Waals surface area (Å²) in [5.74, 6) is 0.146. The van der Waals surface area contributed by atoms with E-state index in [0.29, 0.717) is 17.0 Å². The quantitative estimate of drug-likeness (QED) is 0.626. The van der Waals surface area contributed by atoms with E-state index in [-0.39, 0.29) is 12.1 Å². The van der Waals surface area contributed by atoms with E-state index in [2.05, 4.69) is 0 Å². The molecule has 0 atom stereocenters. The maximum Gasteiger partial charge on any atom is 0.342 e. The van der Waals surface area contributed by atoms with Crippen molar-refractivity contribution in [2.75, 3.05) is 12.8 Å². The molecule has 0 amide bonds. The average Bonchev–Trinajstić information content (AvgIpc) is 2.23. The maximum atomic E-state index is 11.8. The lowest BCUT2D eigenvalue weighted by Crippen LogP contribution is -2.25. The molecule has 86 valence electrons. The molecule has 2 rings (SSSR count). The van der Waals surface area contributed by atoms with Gasteiger partial charge >= 0.3 is 5.97 Å². The molecule has 0 aromatic heterocycles. The Morgan fingerprint density at radius 2 is 2.19 bits per heavy atom. The highest BCUT2D eigenvalue weighted by Gasteiger charge is 2.24. The normalized spacial score (nSPS) is 15.3. The number of benzene rings is 1. The van der Waals surface area contributed by atoms with Crippen LogP contribution in [0.2, 0.25) is 0 Å². The van der Waals surface area contributed by atoms with Crippen LogP contribution in [-0.4, -0.2) is 19.2 Å². The van der Waals surface area contributed by atoms with E-state index in [1.807, 2.05) is 0 Å². The van der Waals surface area contributed by atoms with Gasteiger partial charge in [0.05, 0.1) is 7.11 Å². The Labute approximate surface area is 94.3 Å². The van der Waals surface area contributed by atoms with Crippen LogP contribution in [0.5, 0.6) is 5.75 Å². The van der Waals surface area contributed by atoms with Gasteiger partial charge in [0.25, 0.3) is 0 Å². The van der Waals surface area contributed by atoms with Gasteiger partial charge in [0, 0.05) is 5.69 Å². The van der Waals surface area contributed by atoms with Crippen molar-refractivity contribution in [3.05, 3.63) is 23.8 Å². The molecule has 1 fully saturated rings. The Morgan fingerprint density at radius 1 is 1.44 bits per heavy atom. The average molecular weight is 221 g/mol. The van der Waals surface area contributed by atoms with E-state index in [9.17, 15) is 4.79 Å². The number of methoxy groups -OCH3 is 1. The van der Waals surface area contributed by atoms with Gasteiger partial charge in [-0.3, -0.25) is 0 Å². The fraction of sp³-hybridized carbons (Fsp3) is 0.417. The molecule has 1 aromatic rings. The van der Waals surface area contributed by atoms with Crippen molar-refractivity contribution in [2.24, 2.45) is 0 Å². The maximum absolute atomic E-state index is 11.8. The first-order chi connectivity index (χ1) is 7.70. The third-order valence-electron chi connectivity index (χ3n) is 2.77. The van der Waals surface area contributed by atoms with Gasteiger partial charge in [-0.15, -0.1) is 0 Å². The summed E-state index contributed by atoms with van der Waals surface area (Å²) in [6.45, 7) is 0. The number of anilines is 1. The highest BCUT2D eigenvalue weighted by Crippen LogP contribution is 2.26. The topological polar surface area (TPSA) is 61.5 Å². The second kappa shape index (κ2) is 4.43. The van der Waals surface area contributed by atoms with Crippen LogP contribution in [-0.2, 0) is 4.74 Å². The molecule has 0 bridgehead atoms. The van der Waals surface area contributed by atoms with Crippen molar-refractivity contribution < 1.29 is 14.3 Å². The van der Waals surface area contributed by atoms with E-state index >= 15 is 0 Å². The molecule has 0 saturated heterocycles. The smallest absolute Gasteiger partial charge is 0.342 e. The summed E-state index contributed by atoms with van der Waals surface area (Å²) in [7, 11) is 1.52. The molecule has 16 heavy (non-hydrogen) atoms. The summed E-state index contributed by atoms with van der Waals surface area (Å²) in [6, 6.07) is 4.95. The van der Waals surface area contributed by atoms with E-state index < -0.39 is 0 Å². The van der Waals surface area contributed by atoms with Gasteiger partial charge < -0.3 is 15.2 Å². The Bertz CT molecular complexity index is 399. The Hall–Kier alpha value is -1.71. The highest BCUT2D eigenvalue weighted by atomic mass is 16.5. The molecule has 0 spiro atoms. The van der Waals surface area contributed by atoms with Crippen LogP contribution in [0, 0.1) is 0 Å². The Kier molecular flexibility index (Phi) is 2.99. The predicted octanol–water partition coefficient (Wildman–Crippen LogP) is 1.99. The van der Waals surface area contributed by atoms with Gasteiger partial charge in [-0.25, -0.2) is 4.79 Å². The number of carbonyl (C=O) groups excluding carboxylic acids is 1. The lowest BCUT2D eigenvalue weighted by atomic mass is 9.96. The minimum atomic E-state index is -0.353. The minimum absolute atomic E-state index is 0.0682. The standard InChI is InChI=1S/C12H15NO3/c1-15-11-6-5-8(13)7-10(11)12(14)16-9-3-2-4-9/h5-7,9H,2-4,13H2,1H3. The predicted molar refractivity (Wildman–Crippen MR) is 60.5 cm³/mol. The minimum Gasteiger partial charge on any atom is -0.496 e. The molecule has 0 unspecified atom stereocenters. The second-order valence-corrected chi connectivity index (χ2v) is 3.92. The SMILES string of the molecule is COc1ccc(N)cc1C(=O)OC1CCC1. The zero-order chi connectivity index (χ0) is 11.5. The van der Waals surface area contributed by atoms with Crippen LogP contribution in [0.3, 0.4) is 0 Å². The number of carbonyl (C=O) groups is 1. The summed E-state index contributed by atoms with van der Waals surface area (Å²) in [6.07, 6.45) is 3.11. The monoisotopic (exact) mass is 221 g/mol. The molecule has 2 N–H and O–H groups in total. The summed E-state index contributed by atoms with van der Waals surface area (Å²) in [5.41, 5.74) is 6.56. The van der Waals surface area contributed by atoms with Gasteiger partial charge in [-0.05, 0) is 37.5 Å².